The Balaban J connectivity index is 0.00000158. The van der Waals surface area contributed by atoms with Gasteiger partial charge in [-0.05, 0) is 31.0 Å². The van der Waals surface area contributed by atoms with Crippen molar-refractivity contribution in [1.29, 1.82) is 0 Å². The van der Waals surface area contributed by atoms with E-state index in [2.05, 4.69) is 30.5 Å². The third-order valence-corrected chi connectivity index (χ3v) is 3.54. The van der Waals surface area contributed by atoms with Gasteiger partial charge >= 0.3 is 0 Å². The smallest absolute Gasteiger partial charge is 0.172 e. The number of nitrogens with one attached hydrogen (secondary N) is 1. The van der Waals surface area contributed by atoms with Crippen LogP contribution in [0.25, 0.3) is 0 Å². The first-order valence-corrected chi connectivity index (χ1v) is 10.00. The van der Waals surface area contributed by atoms with Crippen molar-refractivity contribution in [3.05, 3.63) is 65.6 Å². The van der Waals surface area contributed by atoms with Crippen LogP contribution in [0, 0.1) is 0 Å². The van der Waals surface area contributed by atoms with Crippen molar-refractivity contribution < 1.29 is 14.6 Å². The average molecular weight is 376 g/mol. The van der Waals surface area contributed by atoms with E-state index in [1.54, 1.807) is 0 Å². The molecule has 0 amide bonds. The molecule has 1 atom stereocenters. The second-order valence-electron chi connectivity index (χ2n) is 5.38. The van der Waals surface area contributed by atoms with E-state index in [-0.39, 0.29) is 12.8 Å². The van der Waals surface area contributed by atoms with Gasteiger partial charge in [-0.3, -0.25) is 0 Å². The Kier molecular flexibility index (Phi) is 14.7. The summed E-state index contributed by atoms with van der Waals surface area (Å²) in [5.74, 6) is 1.65. The molecular weight excluding hydrogens is 338 g/mol. The van der Waals surface area contributed by atoms with Gasteiger partial charge in [-0.2, -0.15) is 0 Å². The Labute approximate surface area is 165 Å². The summed E-state index contributed by atoms with van der Waals surface area (Å²) in [5, 5.41) is 12.4. The monoisotopic (exact) mass is 375 g/mol. The molecule has 2 N–H and O–H groups in total. The summed E-state index contributed by atoms with van der Waals surface area (Å²) in [6.07, 6.45) is 10.1. The first-order chi connectivity index (χ1) is 13.2. The summed E-state index contributed by atoms with van der Waals surface area (Å²) < 4.78 is 11.5. The first-order valence-electron chi connectivity index (χ1n) is 10.00. The molecule has 4 heteroatoms. The molecule has 0 aromatic heterocycles. The molecule has 0 spiro atoms. The van der Waals surface area contributed by atoms with Crippen molar-refractivity contribution in [2.75, 3.05) is 6.61 Å². The number of ether oxygens (including phenoxy) is 2. The first kappa shape index (κ1) is 24.8. The molecule has 0 aliphatic carbocycles. The molecule has 0 saturated carbocycles. The molecule has 2 rings (SSSR count). The van der Waals surface area contributed by atoms with Gasteiger partial charge in [0.25, 0.3) is 0 Å². The van der Waals surface area contributed by atoms with Crippen LogP contribution in [-0.4, -0.2) is 17.9 Å². The summed E-state index contributed by atoms with van der Waals surface area (Å²) in [6.45, 7) is 12.5. The largest absolute Gasteiger partial charge is 0.487 e. The predicted octanol–water partition coefficient (Wildman–Crippen LogP) is 5.70. The quantitative estimate of drug-likeness (QED) is 0.572. The fourth-order valence-corrected chi connectivity index (χ4v) is 2.20. The lowest BCUT2D eigenvalue weighted by molar-refractivity contribution is 0.131. The number of hydrogen-bond acceptors (Lipinski definition) is 4. The molecule has 152 valence electrons. The minimum absolute atomic E-state index is 0.0309. The zero-order valence-corrected chi connectivity index (χ0v) is 17.8. The highest BCUT2D eigenvalue weighted by Gasteiger charge is 2.21. The minimum atomic E-state index is -0.0309. The van der Waals surface area contributed by atoms with Crippen molar-refractivity contribution in [1.82, 2.24) is 5.32 Å². The standard InChI is InChI=1S/C19H25NO3.2C2H6/c1-3-4-5-6-7-8-19-20-18(15(2)23-19)14-22-17-11-9-16(13-21)10-12-17;2*1-2/h4-7,9-12,19-21H,3,8,13-14H2,1-2H3;2*1-2H3/b5-4-,7-6-;;. The summed E-state index contributed by atoms with van der Waals surface area (Å²) in [6, 6.07) is 7.42. The van der Waals surface area contributed by atoms with Gasteiger partial charge in [0, 0.05) is 6.42 Å². The van der Waals surface area contributed by atoms with E-state index in [9.17, 15) is 0 Å². The molecule has 0 fully saturated rings. The van der Waals surface area contributed by atoms with Gasteiger partial charge in [0.05, 0.1) is 12.3 Å². The highest BCUT2D eigenvalue weighted by Crippen LogP contribution is 2.19. The predicted molar refractivity (Wildman–Crippen MR) is 114 cm³/mol. The molecular formula is C23H37NO3. The third-order valence-electron chi connectivity index (χ3n) is 3.54. The number of benzene rings is 1. The lowest BCUT2D eigenvalue weighted by atomic mass is 10.2. The maximum atomic E-state index is 9.03. The second-order valence-corrected chi connectivity index (χ2v) is 5.38. The highest BCUT2D eigenvalue weighted by molar-refractivity contribution is 5.27. The van der Waals surface area contributed by atoms with Crippen molar-refractivity contribution in [3.8, 4) is 5.75 Å². The topological polar surface area (TPSA) is 50.7 Å². The molecule has 0 saturated heterocycles. The van der Waals surface area contributed by atoms with Gasteiger partial charge in [-0.1, -0.05) is 71.1 Å². The van der Waals surface area contributed by atoms with Gasteiger partial charge in [-0.25, -0.2) is 0 Å². The summed E-state index contributed by atoms with van der Waals surface area (Å²) in [5.41, 5.74) is 1.85. The lowest BCUT2D eigenvalue weighted by Gasteiger charge is -2.11. The molecule has 1 unspecified atom stereocenters. The van der Waals surface area contributed by atoms with Crippen molar-refractivity contribution in [3.63, 3.8) is 0 Å². The molecule has 1 aromatic carbocycles. The molecule has 1 aliphatic heterocycles. The number of hydrogen-bond donors (Lipinski definition) is 2. The van der Waals surface area contributed by atoms with Gasteiger partial charge in [0.1, 0.15) is 18.1 Å². The third kappa shape index (κ3) is 9.90. The fraction of sp³-hybridized carbons (Fsp3) is 0.478. The normalized spacial score (nSPS) is 15.6. The van der Waals surface area contributed by atoms with E-state index in [1.807, 2.05) is 65.0 Å². The Morgan fingerprint density at radius 1 is 1.07 bits per heavy atom. The van der Waals surface area contributed by atoms with Crippen LogP contribution in [0.1, 0.15) is 59.9 Å². The van der Waals surface area contributed by atoms with E-state index in [1.165, 1.54) is 0 Å². The van der Waals surface area contributed by atoms with Crippen LogP contribution in [0.3, 0.4) is 0 Å². The number of aliphatic hydroxyl groups is 1. The zero-order valence-electron chi connectivity index (χ0n) is 17.8. The fourth-order valence-electron chi connectivity index (χ4n) is 2.20. The Morgan fingerprint density at radius 2 is 1.70 bits per heavy atom. The van der Waals surface area contributed by atoms with Crippen LogP contribution in [0.5, 0.6) is 5.75 Å². The second kappa shape index (κ2) is 16.0. The van der Waals surface area contributed by atoms with Crippen LogP contribution < -0.4 is 10.1 Å². The Hall–Kier alpha value is -2.20. The molecule has 0 bridgehead atoms. The highest BCUT2D eigenvalue weighted by atomic mass is 16.5. The van der Waals surface area contributed by atoms with Crippen LogP contribution in [0.4, 0.5) is 0 Å². The van der Waals surface area contributed by atoms with E-state index in [0.717, 1.165) is 35.6 Å². The molecule has 4 nitrogen and oxygen atoms in total. The van der Waals surface area contributed by atoms with Crippen molar-refractivity contribution in [2.45, 2.75) is 67.2 Å². The van der Waals surface area contributed by atoms with E-state index < -0.39 is 0 Å². The summed E-state index contributed by atoms with van der Waals surface area (Å²) in [4.78, 5) is 0. The van der Waals surface area contributed by atoms with Gasteiger partial charge in [-0.15, -0.1) is 0 Å². The molecule has 1 heterocycles. The van der Waals surface area contributed by atoms with E-state index in [4.69, 9.17) is 14.6 Å². The van der Waals surface area contributed by atoms with Crippen molar-refractivity contribution in [2.24, 2.45) is 0 Å². The molecule has 1 aliphatic rings. The zero-order chi connectivity index (χ0) is 20.5. The molecule has 0 radical (unpaired) electrons. The maximum absolute atomic E-state index is 9.03. The number of allylic oxidation sites excluding steroid dienone is 4. The van der Waals surface area contributed by atoms with E-state index in [0.29, 0.717) is 6.61 Å². The van der Waals surface area contributed by atoms with Crippen LogP contribution >= 0.6 is 0 Å². The maximum Gasteiger partial charge on any atom is 0.172 e. The van der Waals surface area contributed by atoms with Gasteiger partial charge in [0.2, 0.25) is 0 Å². The van der Waals surface area contributed by atoms with Crippen LogP contribution in [0.2, 0.25) is 0 Å². The Morgan fingerprint density at radius 3 is 2.30 bits per heavy atom. The SMILES string of the molecule is CC.CC.CC/C=C\C=C/CC1NC(COc2ccc(CO)cc2)=C(C)O1. The van der Waals surface area contributed by atoms with Crippen LogP contribution in [0.15, 0.2) is 60.0 Å². The van der Waals surface area contributed by atoms with Crippen LogP contribution in [-0.2, 0) is 11.3 Å². The lowest BCUT2D eigenvalue weighted by Crippen LogP contribution is -2.25. The molecule has 1 aromatic rings. The number of aliphatic hydroxyl groups excluding tert-OH is 1. The number of rotatable bonds is 8. The van der Waals surface area contributed by atoms with Crippen molar-refractivity contribution >= 4 is 0 Å². The summed E-state index contributed by atoms with van der Waals surface area (Å²) in [7, 11) is 0. The van der Waals surface area contributed by atoms with E-state index >= 15 is 0 Å². The van der Waals surface area contributed by atoms with Gasteiger partial charge < -0.3 is 19.9 Å². The Bertz CT molecular complexity index is 574. The average Bonchev–Trinajstić information content (AvgIpc) is 3.09. The minimum Gasteiger partial charge on any atom is -0.487 e. The van der Waals surface area contributed by atoms with Gasteiger partial charge in [0.15, 0.2) is 6.23 Å². The molecule has 27 heavy (non-hydrogen) atoms. The summed E-state index contributed by atoms with van der Waals surface area (Å²) >= 11 is 0.